The molecule has 7 rings (SSSR count). The second kappa shape index (κ2) is 16.8. The molecule has 0 bridgehead atoms. The Morgan fingerprint density at radius 2 is 0.828 bits per heavy atom. The number of hydrogen-bond donors (Lipinski definition) is 0. The van der Waals surface area contributed by atoms with Gasteiger partial charge in [0.2, 0.25) is 0 Å². The summed E-state index contributed by atoms with van der Waals surface area (Å²) in [5.74, 6) is -44.3. The van der Waals surface area contributed by atoms with Crippen molar-refractivity contribution < 1.29 is 65.9 Å². The minimum absolute atomic E-state index is 0.0206. The van der Waals surface area contributed by atoms with Crippen LogP contribution in [-0.2, 0) is 0 Å². The summed E-state index contributed by atoms with van der Waals surface area (Å²) in [6.45, 7) is 10.2. The zero-order valence-electron chi connectivity index (χ0n) is 33.9. The molecule has 2 aromatic heterocycles. The molecule has 0 fully saturated rings. The van der Waals surface area contributed by atoms with Gasteiger partial charge >= 0.3 is 0 Å². The third kappa shape index (κ3) is 6.73. The van der Waals surface area contributed by atoms with Crippen molar-refractivity contribution in [1.82, 2.24) is 0 Å². The predicted octanol–water partition coefficient (Wildman–Crippen LogP) is 13.0. The highest BCUT2D eigenvalue weighted by atomic mass is 32.1. The molecule has 0 nitrogen and oxygen atoms in total. The van der Waals surface area contributed by atoms with Crippen LogP contribution >= 0.6 is 29.9 Å². The highest BCUT2D eigenvalue weighted by Gasteiger charge is 2.73. The maximum absolute atomic E-state index is 17.1. The van der Waals surface area contributed by atoms with Crippen molar-refractivity contribution in [1.29, 1.82) is 0 Å². The van der Waals surface area contributed by atoms with E-state index in [2.05, 4.69) is 11.6 Å². The Balaban J connectivity index is 1.95. The SMILES string of the molecule is CC(C)c1cc(C(C)C)c([P+]2(C#Cc3cccs3)C(c3cccs3)=C2[B-](c2c(F)c(F)c(F)c(F)c2F)(c2c(F)c(F)c(F)c(F)c2F)c2c(F)c(F)c(F)c(F)c2F)c(C(C)C)c1. The highest BCUT2D eigenvalue weighted by molar-refractivity contribution is 8.10. The van der Waals surface area contributed by atoms with Gasteiger partial charge in [-0.2, -0.15) is 0 Å². The summed E-state index contributed by atoms with van der Waals surface area (Å²) in [6.07, 6.45) is -6.09. The van der Waals surface area contributed by atoms with Crippen LogP contribution in [0.5, 0.6) is 0 Å². The minimum Gasteiger partial charge on any atom is -0.207 e. The van der Waals surface area contributed by atoms with Crippen molar-refractivity contribution in [2.24, 2.45) is 0 Å². The number of rotatable bonds is 9. The standard InChI is InChI=1S/C45H29BF15PS2/c1-17(2)20-15-22(18(3)4)43(23(16-20)19(5)6)62(12-11-21-9-7-13-63-21)44(24-10-8-14-64-24)45(62)46(25-28(47)34(53)40(59)35(54)29(25)48,26-30(49)36(55)41(60)37(56)31(26)50)27-32(51)38(57)42(61)39(58)33(27)52/h7-10,13-19H,1-6H3. The molecule has 334 valence electrons. The van der Waals surface area contributed by atoms with Crippen LogP contribution in [-0.4, -0.2) is 6.15 Å². The van der Waals surface area contributed by atoms with E-state index >= 15 is 65.9 Å². The van der Waals surface area contributed by atoms with Gasteiger partial charge < -0.3 is 0 Å². The first kappa shape index (κ1) is 47.0. The van der Waals surface area contributed by atoms with E-state index in [0.29, 0.717) is 16.7 Å². The lowest BCUT2D eigenvalue weighted by Gasteiger charge is -2.41. The van der Waals surface area contributed by atoms with Gasteiger partial charge in [-0.3, -0.25) is 0 Å². The van der Waals surface area contributed by atoms with Crippen LogP contribution in [0.2, 0.25) is 0 Å². The Labute approximate surface area is 364 Å². The summed E-state index contributed by atoms with van der Waals surface area (Å²) in [4.78, 5) is 0.0537. The van der Waals surface area contributed by atoms with Crippen molar-refractivity contribution in [3.05, 3.63) is 166 Å². The van der Waals surface area contributed by atoms with E-state index in [4.69, 9.17) is 0 Å². The maximum atomic E-state index is 17.1. The molecule has 0 saturated heterocycles. The summed E-state index contributed by atoms with van der Waals surface area (Å²) in [5.41, 5.74) is -3.78. The fourth-order valence-electron chi connectivity index (χ4n) is 8.51. The summed E-state index contributed by atoms with van der Waals surface area (Å²) in [5, 5.41) is 1.25. The molecule has 0 N–H and O–H groups in total. The lowest BCUT2D eigenvalue weighted by molar-refractivity contribution is 0.380. The summed E-state index contributed by atoms with van der Waals surface area (Å²) in [6, 6.07) is 8.85. The van der Waals surface area contributed by atoms with E-state index in [0.717, 1.165) is 22.7 Å². The zero-order valence-corrected chi connectivity index (χ0v) is 36.4. The lowest BCUT2D eigenvalue weighted by Crippen LogP contribution is -2.73. The molecular formula is C45H29BF15PS2. The molecule has 0 amide bonds. The Bertz CT molecular complexity index is 2720. The molecule has 0 radical (unpaired) electrons. The van der Waals surface area contributed by atoms with Crippen LogP contribution in [0.15, 0.2) is 52.4 Å². The topological polar surface area (TPSA) is 0 Å². The molecule has 6 aromatic rings. The number of halogens is 15. The summed E-state index contributed by atoms with van der Waals surface area (Å²) in [7, 11) is -4.69. The van der Waals surface area contributed by atoms with Crippen molar-refractivity contribution in [2.45, 2.75) is 59.3 Å². The highest BCUT2D eigenvalue weighted by Crippen LogP contribution is 2.91. The van der Waals surface area contributed by atoms with Crippen LogP contribution in [0.1, 0.15) is 85.7 Å². The van der Waals surface area contributed by atoms with Gasteiger partial charge in [0.15, 0.2) is 65.8 Å². The van der Waals surface area contributed by atoms with Gasteiger partial charge in [-0.1, -0.05) is 65.8 Å². The average molecular weight is 961 g/mol. The van der Waals surface area contributed by atoms with E-state index in [1.54, 1.807) is 45.2 Å². The molecule has 1 unspecified atom stereocenters. The van der Waals surface area contributed by atoms with Gasteiger partial charge in [0, 0.05) is 0 Å². The van der Waals surface area contributed by atoms with Crippen LogP contribution < -0.4 is 21.7 Å². The lowest BCUT2D eigenvalue weighted by atomic mass is 9.15. The third-order valence-electron chi connectivity index (χ3n) is 11.4. The monoisotopic (exact) mass is 960 g/mol. The van der Waals surface area contributed by atoms with Crippen molar-refractivity contribution in [3.63, 3.8) is 0 Å². The minimum atomic E-state index is -6.09. The fourth-order valence-corrected chi connectivity index (χ4v) is 15.5. The van der Waals surface area contributed by atoms with Gasteiger partial charge in [-0.05, 0) is 68.5 Å². The molecular weight excluding hydrogens is 931 g/mol. The molecule has 19 heteroatoms. The normalized spacial score (nSPS) is 15.2. The van der Waals surface area contributed by atoms with Crippen LogP contribution in [0, 0.1) is 98.8 Å². The van der Waals surface area contributed by atoms with Crippen LogP contribution in [0.25, 0.3) is 5.31 Å². The zero-order chi connectivity index (χ0) is 47.2. The molecule has 1 atom stereocenters. The summed E-state index contributed by atoms with van der Waals surface area (Å²) < 4.78 is 243. The Kier molecular flexibility index (Phi) is 12.3. The van der Waals surface area contributed by atoms with E-state index in [1.165, 1.54) is 29.6 Å². The number of benzene rings is 4. The molecule has 0 saturated carbocycles. The van der Waals surface area contributed by atoms with Crippen molar-refractivity contribution >= 4 is 63.1 Å². The van der Waals surface area contributed by atoms with E-state index < -0.39 is 139 Å². The second-order valence-electron chi connectivity index (χ2n) is 15.9. The number of thiophene rings is 2. The second-order valence-corrected chi connectivity index (χ2v) is 20.8. The molecule has 1 aliphatic rings. The first-order chi connectivity index (χ1) is 30.0. The Hall–Kier alpha value is -4.98. The Morgan fingerprint density at radius 1 is 0.469 bits per heavy atom. The van der Waals surface area contributed by atoms with Crippen LogP contribution in [0.4, 0.5) is 65.9 Å². The molecule has 64 heavy (non-hydrogen) atoms. The van der Waals surface area contributed by atoms with Gasteiger partial charge in [0.25, 0.3) is 0 Å². The predicted molar refractivity (Wildman–Crippen MR) is 221 cm³/mol. The number of hydrogen-bond acceptors (Lipinski definition) is 2. The van der Waals surface area contributed by atoms with Crippen molar-refractivity contribution in [3.8, 4) is 11.6 Å². The Morgan fingerprint density at radius 3 is 1.14 bits per heavy atom. The third-order valence-corrected chi connectivity index (χ3v) is 17.1. The molecule has 3 heterocycles. The van der Waals surface area contributed by atoms with Gasteiger partial charge in [0.05, 0.1) is 15.4 Å². The molecule has 4 aromatic carbocycles. The van der Waals surface area contributed by atoms with Crippen LogP contribution in [0.3, 0.4) is 0 Å². The van der Waals surface area contributed by atoms with E-state index in [1.807, 2.05) is 13.8 Å². The molecule has 1 aliphatic heterocycles. The first-order valence-corrected chi connectivity index (χ1v) is 22.7. The van der Waals surface area contributed by atoms with Crippen molar-refractivity contribution in [2.75, 3.05) is 0 Å². The fraction of sp³-hybridized carbons (Fsp3) is 0.200. The van der Waals surface area contributed by atoms with Gasteiger partial charge in [-0.25, -0.2) is 65.9 Å². The first-order valence-electron chi connectivity index (χ1n) is 19.2. The van der Waals surface area contributed by atoms with Gasteiger partial charge in [-0.15, -0.1) is 39.1 Å². The quantitative estimate of drug-likeness (QED) is 0.0338. The van der Waals surface area contributed by atoms with Gasteiger partial charge in [0.1, 0.15) is 45.5 Å². The largest absolute Gasteiger partial charge is 0.207 e. The van der Waals surface area contributed by atoms with E-state index in [9.17, 15) is 0 Å². The molecule has 0 spiro atoms. The molecule has 0 aliphatic carbocycles. The van der Waals surface area contributed by atoms with E-state index in [-0.39, 0.29) is 21.0 Å². The maximum Gasteiger partial charge on any atom is 0.200 e. The average Bonchev–Trinajstić information content (AvgIpc) is 3.63. The summed E-state index contributed by atoms with van der Waals surface area (Å²) >= 11 is 1.73. The smallest absolute Gasteiger partial charge is 0.200 e.